The number of guanidine groups is 1. The van der Waals surface area contributed by atoms with E-state index in [1.165, 1.54) is 6.26 Å². The molecule has 2 aliphatic heterocycles. The van der Waals surface area contributed by atoms with Crippen LogP contribution in [0, 0.1) is 5.92 Å². The van der Waals surface area contributed by atoms with Crippen molar-refractivity contribution in [2.24, 2.45) is 10.9 Å². The lowest BCUT2D eigenvalue weighted by Gasteiger charge is -2.37. The maximum Gasteiger partial charge on any atom is 0.321 e. The molecule has 25 heavy (non-hydrogen) atoms. The van der Waals surface area contributed by atoms with Crippen molar-refractivity contribution in [3.05, 3.63) is 24.2 Å². The van der Waals surface area contributed by atoms with Crippen LogP contribution in [0.5, 0.6) is 0 Å². The van der Waals surface area contributed by atoms with Gasteiger partial charge in [-0.15, -0.1) is 0 Å². The van der Waals surface area contributed by atoms with E-state index in [4.69, 9.17) is 9.15 Å². The normalized spacial score (nSPS) is 23.7. The Kier molecular flexibility index (Phi) is 5.01. The lowest BCUT2D eigenvalue weighted by atomic mass is 9.95. The Morgan fingerprint density at radius 2 is 2.20 bits per heavy atom. The lowest BCUT2D eigenvalue weighted by Crippen LogP contribution is -2.57. The van der Waals surface area contributed by atoms with E-state index >= 15 is 0 Å². The first-order chi connectivity index (χ1) is 12.1. The second kappa shape index (κ2) is 7.37. The van der Waals surface area contributed by atoms with Gasteiger partial charge >= 0.3 is 5.97 Å². The zero-order valence-electron chi connectivity index (χ0n) is 13.9. The number of hydrogen-bond acceptors (Lipinski definition) is 7. The van der Waals surface area contributed by atoms with Crippen molar-refractivity contribution >= 4 is 24.2 Å². The first kappa shape index (κ1) is 17.0. The summed E-state index contributed by atoms with van der Waals surface area (Å²) in [4.78, 5) is 43.7. The molecule has 134 valence electrons. The maximum atomic E-state index is 12.6. The fourth-order valence-corrected chi connectivity index (χ4v) is 2.93. The van der Waals surface area contributed by atoms with E-state index < -0.39 is 23.8 Å². The Bertz CT molecular complexity index is 664. The smallest absolute Gasteiger partial charge is 0.321 e. The fourth-order valence-electron chi connectivity index (χ4n) is 2.93. The molecule has 3 heterocycles. The molecule has 3 rings (SSSR count). The van der Waals surface area contributed by atoms with Gasteiger partial charge in [0.2, 0.25) is 18.3 Å². The number of amides is 2. The van der Waals surface area contributed by atoms with Gasteiger partial charge in [0.1, 0.15) is 11.8 Å². The van der Waals surface area contributed by atoms with E-state index in [2.05, 4.69) is 10.3 Å². The van der Waals surface area contributed by atoms with Gasteiger partial charge in [-0.25, -0.2) is 4.99 Å². The maximum absolute atomic E-state index is 12.6. The molecule has 0 aromatic carbocycles. The molecule has 2 unspecified atom stereocenters. The van der Waals surface area contributed by atoms with Crippen molar-refractivity contribution in [2.75, 3.05) is 32.8 Å². The van der Waals surface area contributed by atoms with Gasteiger partial charge in [0.15, 0.2) is 5.92 Å². The monoisotopic (exact) mass is 348 g/mol. The van der Waals surface area contributed by atoms with Crippen LogP contribution in [0.15, 0.2) is 27.8 Å². The summed E-state index contributed by atoms with van der Waals surface area (Å²) >= 11 is 0. The van der Waals surface area contributed by atoms with Gasteiger partial charge in [-0.2, -0.15) is 0 Å². The SMILES string of the molecule is CCOC(=O)C1C(=O)NC(N2CCN(C=O)CC2)=NC1c1ccco1. The largest absolute Gasteiger partial charge is 0.467 e. The van der Waals surface area contributed by atoms with E-state index in [1.807, 2.05) is 4.90 Å². The molecule has 9 heteroatoms. The van der Waals surface area contributed by atoms with Crippen molar-refractivity contribution in [1.29, 1.82) is 0 Å². The molecular formula is C16H20N4O5. The number of piperazine rings is 1. The minimum atomic E-state index is -1.09. The zero-order chi connectivity index (χ0) is 17.8. The van der Waals surface area contributed by atoms with Crippen molar-refractivity contribution in [3.63, 3.8) is 0 Å². The number of ether oxygens (including phenoxy) is 1. The van der Waals surface area contributed by atoms with Crippen LogP contribution in [0.25, 0.3) is 0 Å². The number of aliphatic imine (C=N–C) groups is 1. The topological polar surface area (TPSA) is 104 Å². The van der Waals surface area contributed by atoms with Gasteiger partial charge in [0.25, 0.3) is 0 Å². The molecule has 9 nitrogen and oxygen atoms in total. The minimum Gasteiger partial charge on any atom is -0.467 e. The van der Waals surface area contributed by atoms with Crippen LogP contribution in [-0.2, 0) is 19.1 Å². The summed E-state index contributed by atoms with van der Waals surface area (Å²) in [6, 6.07) is 2.59. The summed E-state index contributed by atoms with van der Waals surface area (Å²) in [7, 11) is 0. The standard InChI is InChI=1S/C16H20N4O5/c1-2-24-15(23)12-13(11-4-3-9-25-11)17-16(18-14(12)22)20-7-5-19(10-21)6-8-20/h3-4,9-10,12-13H,2,5-8H2,1H3,(H,17,18,22). The number of carbonyl (C=O) groups excluding carboxylic acids is 3. The van der Waals surface area contributed by atoms with E-state index in [-0.39, 0.29) is 6.61 Å². The number of hydrogen-bond donors (Lipinski definition) is 1. The number of rotatable bonds is 4. The molecule has 2 aliphatic rings. The average Bonchev–Trinajstić information content (AvgIpc) is 3.16. The Labute approximate surface area is 144 Å². The first-order valence-corrected chi connectivity index (χ1v) is 8.17. The van der Waals surface area contributed by atoms with Crippen molar-refractivity contribution in [1.82, 2.24) is 15.1 Å². The van der Waals surface area contributed by atoms with Crippen molar-refractivity contribution in [2.45, 2.75) is 13.0 Å². The van der Waals surface area contributed by atoms with E-state index in [1.54, 1.807) is 24.0 Å². The molecule has 0 bridgehead atoms. The fraction of sp³-hybridized carbons (Fsp3) is 0.500. The van der Waals surface area contributed by atoms with E-state index in [0.717, 1.165) is 6.41 Å². The number of nitrogens with one attached hydrogen (secondary N) is 1. The molecule has 2 atom stereocenters. The third kappa shape index (κ3) is 3.49. The lowest BCUT2D eigenvalue weighted by molar-refractivity contribution is -0.153. The molecule has 0 aliphatic carbocycles. The third-order valence-electron chi connectivity index (χ3n) is 4.23. The Balaban J connectivity index is 1.86. The molecule has 1 saturated heterocycles. The highest BCUT2D eigenvalue weighted by Gasteiger charge is 2.43. The molecule has 1 aromatic heterocycles. The number of carbonyl (C=O) groups is 3. The highest BCUT2D eigenvalue weighted by Crippen LogP contribution is 2.31. The quantitative estimate of drug-likeness (QED) is 0.457. The Morgan fingerprint density at radius 3 is 2.80 bits per heavy atom. The van der Waals surface area contributed by atoms with Crippen LogP contribution in [0.2, 0.25) is 0 Å². The highest BCUT2D eigenvalue weighted by molar-refractivity contribution is 6.08. The van der Waals surface area contributed by atoms with Crippen LogP contribution in [0.1, 0.15) is 18.7 Å². The number of esters is 1. The minimum absolute atomic E-state index is 0.178. The molecule has 1 aromatic rings. The predicted molar refractivity (Wildman–Crippen MR) is 86.4 cm³/mol. The van der Waals surface area contributed by atoms with Crippen LogP contribution in [0.3, 0.4) is 0 Å². The van der Waals surface area contributed by atoms with Gasteiger partial charge in [-0.1, -0.05) is 0 Å². The third-order valence-corrected chi connectivity index (χ3v) is 4.23. The predicted octanol–water partition coefficient (Wildman–Crippen LogP) is -0.240. The van der Waals surface area contributed by atoms with Gasteiger partial charge in [-0.3, -0.25) is 19.7 Å². The van der Waals surface area contributed by atoms with E-state index in [9.17, 15) is 14.4 Å². The molecule has 2 amide bonds. The molecule has 0 radical (unpaired) electrons. The van der Waals surface area contributed by atoms with Gasteiger partial charge in [0, 0.05) is 26.2 Å². The van der Waals surface area contributed by atoms with E-state index in [0.29, 0.717) is 37.9 Å². The van der Waals surface area contributed by atoms with Crippen LogP contribution in [0.4, 0.5) is 0 Å². The summed E-state index contributed by atoms with van der Waals surface area (Å²) in [6.45, 7) is 4.05. The summed E-state index contributed by atoms with van der Waals surface area (Å²) in [5.41, 5.74) is 0. The Hall–Kier alpha value is -2.84. The average molecular weight is 348 g/mol. The summed E-state index contributed by atoms with van der Waals surface area (Å²) < 4.78 is 10.4. The van der Waals surface area contributed by atoms with Crippen LogP contribution in [-0.4, -0.2) is 66.8 Å². The zero-order valence-corrected chi connectivity index (χ0v) is 13.9. The second-order valence-electron chi connectivity index (χ2n) is 5.76. The Morgan fingerprint density at radius 1 is 1.44 bits per heavy atom. The van der Waals surface area contributed by atoms with Crippen molar-refractivity contribution in [3.8, 4) is 0 Å². The summed E-state index contributed by atoms with van der Waals surface area (Å²) in [5.74, 6) is -1.38. The summed E-state index contributed by atoms with van der Waals surface area (Å²) in [6.07, 6.45) is 2.28. The molecule has 1 N–H and O–H groups in total. The molecular weight excluding hydrogens is 328 g/mol. The number of nitrogens with zero attached hydrogens (tertiary/aromatic N) is 3. The molecule has 0 saturated carbocycles. The van der Waals surface area contributed by atoms with Gasteiger partial charge < -0.3 is 19.0 Å². The van der Waals surface area contributed by atoms with Gasteiger partial charge in [0.05, 0.1) is 12.9 Å². The molecule has 0 spiro atoms. The second-order valence-corrected chi connectivity index (χ2v) is 5.76. The first-order valence-electron chi connectivity index (χ1n) is 8.17. The summed E-state index contributed by atoms with van der Waals surface area (Å²) in [5, 5.41) is 2.69. The van der Waals surface area contributed by atoms with Crippen LogP contribution < -0.4 is 5.32 Å². The number of furan rings is 1. The molecule has 1 fully saturated rings. The highest BCUT2D eigenvalue weighted by atomic mass is 16.5. The van der Waals surface area contributed by atoms with Crippen molar-refractivity contribution < 1.29 is 23.5 Å². The van der Waals surface area contributed by atoms with Crippen LogP contribution >= 0.6 is 0 Å². The van der Waals surface area contributed by atoms with Gasteiger partial charge in [-0.05, 0) is 19.1 Å².